The molecule has 20 heavy (non-hydrogen) atoms. The first kappa shape index (κ1) is 13.6. The van der Waals surface area contributed by atoms with Crippen LogP contribution < -0.4 is 5.73 Å². The highest BCUT2D eigenvalue weighted by Crippen LogP contribution is 2.31. The second-order valence-electron chi connectivity index (χ2n) is 5.68. The third-order valence-electron chi connectivity index (χ3n) is 4.29. The monoisotopic (exact) mass is 291 g/mol. The summed E-state index contributed by atoms with van der Waals surface area (Å²) < 4.78 is 12.7. The Kier molecular flexibility index (Phi) is 3.78. The molecule has 0 amide bonds. The van der Waals surface area contributed by atoms with Crippen LogP contribution in [-0.4, -0.2) is 19.4 Å². The molecule has 3 atom stereocenters. The summed E-state index contributed by atoms with van der Waals surface area (Å²) in [5.74, 6) is 0.720. The number of aromatic nitrogens is 2. The molecule has 3 rings (SSSR count). The Morgan fingerprint density at radius 2 is 2.30 bits per heavy atom. The minimum absolute atomic E-state index is 0.242. The maximum absolute atomic E-state index is 12.7. The van der Waals surface area contributed by atoms with E-state index in [9.17, 15) is 4.21 Å². The molecule has 1 saturated carbocycles. The van der Waals surface area contributed by atoms with Crippen LogP contribution in [0, 0.1) is 5.92 Å². The van der Waals surface area contributed by atoms with Gasteiger partial charge in [0.05, 0.1) is 21.8 Å². The molecule has 1 fully saturated rings. The van der Waals surface area contributed by atoms with Crippen molar-refractivity contribution in [1.82, 2.24) is 9.97 Å². The smallest absolute Gasteiger partial charge is 0.197 e. The molecular formula is C15H21N3OS. The summed E-state index contributed by atoms with van der Waals surface area (Å²) in [6.07, 6.45) is 5.75. The van der Waals surface area contributed by atoms with E-state index in [4.69, 9.17) is 5.73 Å². The molecule has 0 aliphatic heterocycles. The molecule has 1 heterocycles. The lowest BCUT2D eigenvalue weighted by Crippen LogP contribution is -2.24. The van der Waals surface area contributed by atoms with Crippen molar-refractivity contribution in [2.45, 2.75) is 49.4 Å². The Balaban J connectivity index is 1.84. The van der Waals surface area contributed by atoms with Crippen molar-refractivity contribution >= 4 is 27.5 Å². The molecule has 1 aliphatic carbocycles. The van der Waals surface area contributed by atoms with E-state index in [0.717, 1.165) is 29.8 Å². The van der Waals surface area contributed by atoms with E-state index in [1.54, 1.807) is 0 Å². The summed E-state index contributed by atoms with van der Waals surface area (Å²) in [4.78, 5) is 7.64. The molecule has 3 unspecified atom stereocenters. The fourth-order valence-electron chi connectivity index (χ4n) is 3.06. The first-order chi connectivity index (χ1) is 9.67. The second kappa shape index (κ2) is 5.56. The number of H-pyrrole nitrogens is 1. The van der Waals surface area contributed by atoms with Crippen LogP contribution in [0.4, 0.5) is 5.69 Å². The predicted molar refractivity (Wildman–Crippen MR) is 83.0 cm³/mol. The maximum atomic E-state index is 12.7. The molecule has 5 heteroatoms. The Bertz CT molecular complexity index is 637. The van der Waals surface area contributed by atoms with Crippen molar-refractivity contribution in [2.24, 2.45) is 5.92 Å². The van der Waals surface area contributed by atoms with Crippen molar-refractivity contribution in [1.29, 1.82) is 0 Å². The first-order valence-electron chi connectivity index (χ1n) is 7.33. The van der Waals surface area contributed by atoms with Gasteiger partial charge in [-0.2, -0.15) is 0 Å². The molecule has 2 aromatic rings. The first-order valence-corrected chi connectivity index (χ1v) is 8.54. The normalized spacial score (nSPS) is 24.9. The van der Waals surface area contributed by atoms with Crippen LogP contribution in [0.25, 0.3) is 11.0 Å². The van der Waals surface area contributed by atoms with E-state index >= 15 is 0 Å². The molecule has 3 N–H and O–H groups in total. The molecule has 0 bridgehead atoms. The summed E-state index contributed by atoms with van der Waals surface area (Å²) in [7, 11) is -1.04. The number of imidazole rings is 1. The number of nitrogens with two attached hydrogens (primary N) is 1. The number of nitrogen functional groups attached to an aromatic ring is 1. The van der Waals surface area contributed by atoms with Gasteiger partial charge >= 0.3 is 0 Å². The molecule has 108 valence electrons. The third-order valence-corrected chi connectivity index (χ3v) is 5.90. The molecular weight excluding hydrogens is 270 g/mol. The van der Waals surface area contributed by atoms with Crippen LogP contribution in [0.5, 0.6) is 0 Å². The molecule has 0 saturated heterocycles. The van der Waals surface area contributed by atoms with E-state index < -0.39 is 10.8 Å². The Labute approximate surface area is 121 Å². The van der Waals surface area contributed by atoms with Crippen molar-refractivity contribution < 1.29 is 4.21 Å². The lowest BCUT2D eigenvalue weighted by molar-refractivity contribution is 0.353. The van der Waals surface area contributed by atoms with Crippen LogP contribution in [0.3, 0.4) is 0 Å². The van der Waals surface area contributed by atoms with Gasteiger partial charge in [-0.25, -0.2) is 4.98 Å². The van der Waals surface area contributed by atoms with Crippen LogP contribution in [0.1, 0.15) is 39.0 Å². The maximum Gasteiger partial charge on any atom is 0.197 e. The van der Waals surface area contributed by atoms with Gasteiger partial charge < -0.3 is 10.7 Å². The number of hydrogen-bond donors (Lipinski definition) is 2. The fraction of sp³-hybridized carbons (Fsp3) is 0.533. The van der Waals surface area contributed by atoms with E-state index in [-0.39, 0.29) is 5.25 Å². The molecule has 1 aliphatic rings. The molecule has 0 spiro atoms. The Morgan fingerprint density at radius 1 is 1.45 bits per heavy atom. The standard InChI is InChI=1S/C15H21N3OS/c1-2-10-4-3-5-12(8-10)20(19)15-17-13-7-6-11(16)9-14(13)18-15/h6-7,9-10,12H,2-5,8,16H2,1H3,(H,17,18). The second-order valence-corrected chi connectivity index (χ2v) is 7.33. The lowest BCUT2D eigenvalue weighted by atomic mass is 9.87. The highest BCUT2D eigenvalue weighted by Gasteiger charge is 2.27. The minimum Gasteiger partial charge on any atom is -0.399 e. The van der Waals surface area contributed by atoms with Gasteiger partial charge in [-0.15, -0.1) is 0 Å². The number of nitrogens with one attached hydrogen (secondary N) is 1. The molecule has 0 radical (unpaired) electrons. The van der Waals surface area contributed by atoms with Gasteiger partial charge in [-0.3, -0.25) is 4.21 Å². The van der Waals surface area contributed by atoms with Crippen LogP contribution in [0.15, 0.2) is 23.4 Å². The zero-order valence-electron chi connectivity index (χ0n) is 11.8. The summed E-state index contributed by atoms with van der Waals surface area (Å²) in [6.45, 7) is 2.22. The summed E-state index contributed by atoms with van der Waals surface area (Å²) >= 11 is 0. The van der Waals surface area contributed by atoms with Gasteiger partial charge in [-0.05, 0) is 37.0 Å². The van der Waals surface area contributed by atoms with E-state index in [0.29, 0.717) is 10.8 Å². The Hall–Kier alpha value is -1.36. The minimum atomic E-state index is -1.04. The number of aromatic amines is 1. The van der Waals surface area contributed by atoms with Gasteiger partial charge in [0, 0.05) is 10.9 Å². The molecule has 4 nitrogen and oxygen atoms in total. The van der Waals surface area contributed by atoms with Crippen molar-refractivity contribution in [3.05, 3.63) is 18.2 Å². The van der Waals surface area contributed by atoms with Gasteiger partial charge in [0.15, 0.2) is 5.16 Å². The van der Waals surface area contributed by atoms with Gasteiger partial charge in [0.25, 0.3) is 0 Å². The highest BCUT2D eigenvalue weighted by atomic mass is 32.2. The summed E-state index contributed by atoms with van der Waals surface area (Å²) in [5, 5.41) is 0.846. The largest absolute Gasteiger partial charge is 0.399 e. The Morgan fingerprint density at radius 3 is 3.10 bits per heavy atom. The third kappa shape index (κ3) is 2.59. The topological polar surface area (TPSA) is 71.8 Å². The van der Waals surface area contributed by atoms with Crippen molar-refractivity contribution in [3.8, 4) is 0 Å². The van der Waals surface area contributed by atoms with Gasteiger partial charge in [0.1, 0.15) is 0 Å². The SMILES string of the molecule is CCC1CCCC(S(=O)c2nc3ccc(N)cc3[nH]2)C1. The fourth-order valence-corrected chi connectivity index (χ4v) is 4.61. The molecule has 1 aromatic carbocycles. The van der Waals surface area contributed by atoms with Crippen LogP contribution in [0.2, 0.25) is 0 Å². The number of benzene rings is 1. The van der Waals surface area contributed by atoms with Crippen molar-refractivity contribution in [3.63, 3.8) is 0 Å². The van der Waals surface area contributed by atoms with Crippen molar-refractivity contribution in [2.75, 3.05) is 5.73 Å². The quantitative estimate of drug-likeness (QED) is 0.853. The zero-order valence-corrected chi connectivity index (χ0v) is 12.6. The van der Waals surface area contributed by atoms with Crippen LogP contribution >= 0.6 is 0 Å². The number of fused-ring (bicyclic) bond motifs is 1. The van der Waals surface area contributed by atoms with E-state index in [2.05, 4.69) is 16.9 Å². The average Bonchev–Trinajstić information content (AvgIpc) is 2.89. The zero-order chi connectivity index (χ0) is 14.1. The van der Waals surface area contributed by atoms with Gasteiger partial charge in [-0.1, -0.05) is 26.2 Å². The van der Waals surface area contributed by atoms with E-state index in [1.807, 2.05) is 18.2 Å². The average molecular weight is 291 g/mol. The van der Waals surface area contributed by atoms with Crippen LogP contribution in [-0.2, 0) is 10.8 Å². The van der Waals surface area contributed by atoms with Gasteiger partial charge in [0.2, 0.25) is 0 Å². The number of hydrogen-bond acceptors (Lipinski definition) is 3. The number of nitrogens with zero attached hydrogens (tertiary/aromatic N) is 1. The summed E-state index contributed by atoms with van der Waals surface area (Å²) in [6, 6.07) is 5.54. The lowest BCUT2D eigenvalue weighted by Gasteiger charge is -2.26. The van der Waals surface area contributed by atoms with E-state index in [1.165, 1.54) is 19.3 Å². The highest BCUT2D eigenvalue weighted by molar-refractivity contribution is 7.85. The summed E-state index contributed by atoms with van der Waals surface area (Å²) in [5.41, 5.74) is 8.17. The molecule has 1 aromatic heterocycles. The number of anilines is 1. The number of rotatable bonds is 3. The predicted octanol–water partition coefficient (Wildman–Crippen LogP) is 3.22.